The summed E-state index contributed by atoms with van der Waals surface area (Å²) in [6.07, 6.45) is 0. The zero-order chi connectivity index (χ0) is 24.3. The van der Waals surface area contributed by atoms with Gasteiger partial charge in [0, 0.05) is 0 Å². The summed E-state index contributed by atoms with van der Waals surface area (Å²) >= 11 is 7.57. The summed E-state index contributed by atoms with van der Waals surface area (Å²) < 4.78 is 37.1. The highest BCUT2D eigenvalue weighted by Crippen LogP contribution is 2.39. The Labute approximate surface area is 206 Å². The summed E-state index contributed by atoms with van der Waals surface area (Å²) in [6, 6.07) is 18.6. The van der Waals surface area contributed by atoms with Gasteiger partial charge in [0.2, 0.25) is 5.91 Å². The number of amides is 1. The molecule has 7 nitrogen and oxygen atoms in total. The van der Waals surface area contributed by atoms with Crippen molar-refractivity contribution in [1.82, 2.24) is 4.98 Å². The van der Waals surface area contributed by atoms with Crippen molar-refractivity contribution in [3.63, 3.8) is 0 Å². The van der Waals surface area contributed by atoms with E-state index < -0.39 is 21.5 Å². The van der Waals surface area contributed by atoms with Crippen molar-refractivity contribution in [2.75, 3.05) is 24.9 Å². The van der Waals surface area contributed by atoms with E-state index in [1.54, 1.807) is 24.3 Å². The van der Waals surface area contributed by atoms with Gasteiger partial charge in [-0.25, -0.2) is 13.4 Å². The van der Waals surface area contributed by atoms with Crippen LogP contribution in [-0.4, -0.2) is 39.3 Å². The third kappa shape index (κ3) is 5.01. The Hall–Kier alpha value is -3.14. The van der Waals surface area contributed by atoms with Crippen LogP contribution in [0.4, 0.5) is 5.13 Å². The maximum atomic E-state index is 13.4. The first-order valence-electron chi connectivity index (χ1n) is 10.2. The van der Waals surface area contributed by atoms with Crippen molar-refractivity contribution >= 4 is 54.0 Å². The number of nitrogens with zero attached hydrogens (tertiary/aromatic N) is 2. The molecule has 1 aromatic heterocycles. The molecule has 1 heterocycles. The highest BCUT2D eigenvalue weighted by Gasteiger charge is 2.27. The van der Waals surface area contributed by atoms with Gasteiger partial charge in [-0.3, -0.25) is 9.69 Å². The lowest BCUT2D eigenvalue weighted by molar-refractivity contribution is -0.116. The van der Waals surface area contributed by atoms with Crippen molar-refractivity contribution in [2.45, 2.75) is 11.4 Å². The van der Waals surface area contributed by atoms with Gasteiger partial charge in [-0.15, -0.1) is 0 Å². The number of carbonyl (C=O) groups is 1. The van der Waals surface area contributed by atoms with Crippen LogP contribution in [0.25, 0.3) is 10.2 Å². The number of rotatable bonds is 8. The molecule has 3 aromatic carbocycles. The van der Waals surface area contributed by atoms with Crippen LogP contribution in [0.1, 0.15) is 5.56 Å². The summed E-state index contributed by atoms with van der Waals surface area (Å²) in [5.74, 6) is -0.280. The lowest BCUT2D eigenvalue weighted by atomic mass is 10.2. The zero-order valence-corrected chi connectivity index (χ0v) is 20.8. The molecule has 0 atom stereocenters. The number of anilines is 1. The van der Waals surface area contributed by atoms with Gasteiger partial charge in [-0.05, 0) is 42.0 Å². The van der Waals surface area contributed by atoms with Gasteiger partial charge in [-0.1, -0.05) is 53.3 Å². The molecule has 0 N–H and O–H groups in total. The number of hydrogen-bond acceptors (Lipinski definition) is 7. The molecule has 0 aliphatic heterocycles. The van der Waals surface area contributed by atoms with Crippen LogP contribution < -0.4 is 14.4 Å². The minimum absolute atomic E-state index is 0.0373. The third-order valence-electron chi connectivity index (χ3n) is 5.11. The van der Waals surface area contributed by atoms with Gasteiger partial charge in [0.1, 0.15) is 22.8 Å². The van der Waals surface area contributed by atoms with Gasteiger partial charge in [0.05, 0.1) is 35.4 Å². The normalized spacial score (nSPS) is 11.4. The lowest BCUT2D eigenvalue weighted by Gasteiger charge is -2.20. The van der Waals surface area contributed by atoms with Crippen LogP contribution in [0.3, 0.4) is 0 Å². The van der Waals surface area contributed by atoms with E-state index in [0.29, 0.717) is 31.9 Å². The monoisotopic (exact) mass is 516 g/mol. The number of halogens is 1. The molecule has 0 saturated carbocycles. The predicted octanol–water partition coefficient (Wildman–Crippen LogP) is 4.97. The smallest absolute Gasteiger partial charge is 0.244 e. The SMILES string of the molecule is COc1ccc(S(=O)(=O)CC(=O)N(Cc2ccccc2)c2nc3c(OC)ccc(Cl)c3s2)cc1. The first-order chi connectivity index (χ1) is 16.3. The molecular formula is C24H21ClN2O5S2. The second kappa shape index (κ2) is 10.0. The fraction of sp³-hybridized carbons (Fsp3) is 0.167. The maximum Gasteiger partial charge on any atom is 0.244 e. The quantitative estimate of drug-likeness (QED) is 0.328. The van der Waals surface area contributed by atoms with E-state index in [1.807, 2.05) is 30.3 Å². The van der Waals surface area contributed by atoms with Crippen LogP contribution in [-0.2, 0) is 21.2 Å². The average Bonchev–Trinajstić information content (AvgIpc) is 3.29. The van der Waals surface area contributed by atoms with Crippen molar-refractivity contribution < 1.29 is 22.7 Å². The Morgan fingerprint density at radius 1 is 1.00 bits per heavy atom. The van der Waals surface area contributed by atoms with E-state index in [9.17, 15) is 13.2 Å². The summed E-state index contributed by atoms with van der Waals surface area (Å²) in [5.41, 5.74) is 1.34. The molecule has 1 amide bonds. The standard InChI is InChI=1S/C24H21ClN2O5S2/c1-31-17-8-10-18(11-9-17)34(29,30)15-21(28)27(14-16-6-4-3-5-7-16)24-26-22-20(32-2)13-12-19(25)23(22)33-24/h3-13H,14-15H2,1-2H3. The minimum atomic E-state index is -3.90. The van der Waals surface area contributed by atoms with E-state index in [1.165, 1.54) is 42.6 Å². The predicted molar refractivity (Wildman–Crippen MR) is 134 cm³/mol. The Morgan fingerprint density at radius 3 is 2.35 bits per heavy atom. The number of hydrogen-bond donors (Lipinski definition) is 0. The zero-order valence-electron chi connectivity index (χ0n) is 18.4. The van der Waals surface area contributed by atoms with Crippen LogP contribution >= 0.6 is 22.9 Å². The Balaban J connectivity index is 1.72. The molecule has 0 aliphatic rings. The van der Waals surface area contributed by atoms with Crippen LogP contribution in [0.2, 0.25) is 5.02 Å². The number of sulfone groups is 1. The largest absolute Gasteiger partial charge is 0.497 e. The van der Waals surface area contributed by atoms with Crippen molar-refractivity contribution in [3.8, 4) is 11.5 Å². The molecule has 0 radical (unpaired) electrons. The third-order valence-corrected chi connectivity index (χ3v) is 8.27. The second-order valence-corrected chi connectivity index (χ2v) is 10.7. The number of ether oxygens (including phenoxy) is 2. The number of methoxy groups -OCH3 is 2. The van der Waals surface area contributed by atoms with Crippen LogP contribution in [0.15, 0.2) is 71.6 Å². The summed E-state index contributed by atoms with van der Waals surface area (Å²) in [7, 11) is -0.884. The van der Waals surface area contributed by atoms with Gasteiger partial charge in [0.15, 0.2) is 15.0 Å². The molecule has 34 heavy (non-hydrogen) atoms. The van der Waals surface area contributed by atoms with Gasteiger partial charge in [-0.2, -0.15) is 0 Å². The molecule has 0 saturated heterocycles. The number of benzene rings is 3. The molecule has 10 heteroatoms. The van der Waals surface area contributed by atoms with Gasteiger partial charge >= 0.3 is 0 Å². The Morgan fingerprint density at radius 2 is 1.71 bits per heavy atom. The fourth-order valence-electron chi connectivity index (χ4n) is 3.36. The van der Waals surface area contributed by atoms with E-state index in [-0.39, 0.29) is 11.4 Å². The molecule has 4 aromatic rings. The molecule has 0 spiro atoms. The molecule has 0 bridgehead atoms. The first kappa shape index (κ1) is 24.0. The number of aromatic nitrogens is 1. The molecule has 0 unspecified atom stereocenters. The highest BCUT2D eigenvalue weighted by molar-refractivity contribution is 7.92. The number of carbonyl (C=O) groups excluding carboxylic acids is 1. The molecule has 4 rings (SSSR count). The minimum Gasteiger partial charge on any atom is -0.497 e. The number of fused-ring (bicyclic) bond motifs is 1. The summed E-state index contributed by atoms with van der Waals surface area (Å²) in [5, 5.41) is 0.803. The summed E-state index contributed by atoms with van der Waals surface area (Å²) in [6.45, 7) is 0.150. The molecule has 0 fully saturated rings. The fourth-order valence-corrected chi connectivity index (χ4v) is 5.83. The van der Waals surface area contributed by atoms with Crippen molar-refractivity contribution in [1.29, 1.82) is 0 Å². The second-order valence-electron chi connectivity index (χ2n) is 7.32. The maximum absolute atomic E-state index is 13.4. The van der Waals surface area contributed by atoms with Crippen molar-refractivity contribution in [3.05, 3.63) is 77.3 Å². The lowest BCUT2D eigenvalue weighted by Crippen LogP contribution is -2.35. The molecule has 0 aliphatic carbocycles. The van der Waals surface area contributed by atoms with E-state index in [2.05, 4.69) is 4.98 Å². The molecule has 176 valence electrons. The van der Waals surface area contributed by atoms with Crippen LogP contribution in [0, 0.1) is 0 Å². The molecular weight excluding hydrogens is 496 g/mol. The van der Waals surface area contributed by atoms with E-state index in [0.717, 1.165) is 5.56 Å². The topological polar surface area (TPSA) is 85.8 Å². The van der Waals surface area contributed by atoms with Crippen LogP contribution in [0.5, 0.6) is 11.5 Å². The van der Waals surface area contributed by atoms with E-state index >= 15 is 0 Å². The Kier molecular flexibility index (Phi) is 7.06. The summed E-state index contributed by atoms with van der Waals surface area (Å²) in [4.78, 5) is 19.4. The Bertz CT molecular complexity index is 1420. The van der Waals surface area contributed by atoms with Gasteiger partial charge < -0.3 is 9.47 Å². The number of thiazole rings is 1. The van der Waals surface area contributed by atoms with Gasteiger partial charge in [0.25, 0.3) is 0 Å². The first-order valence-corrected chi connectivity index (χ1v) is 13.0. The van der Waals surface area contributed by atoms with Crippen molar-refractivity contribution in [2.24, 2.45) is 0 Å². The highest BCUT2D eigenvalue weighted by atomic mass is 35.5. The average molecular weight is 517 g/mol. The van der Waals surface area contributed by atoms with E-state index in [4.69, 9.17) is 21.1 Å².